The van der Waals surface area contributed by atoms with Crippen molar-refractivity contribution in [1.29, 1.82) is 0 Å². The molecule has 0 aromatic heterocycles. The molecule has 0 bridgehead atoms. The summed E-state index contributed by atoms with van der Waals surface area (Å²) in [6.07, 6.45) is 2.80. The van der Waals surface area contributed by atoms with Gasteiger partial charge in [0.1, 0.15) is 0 Å². The highest BCUT2D eigenvalue weighted by atomic mass is 35.5. The van der Waals surface area contributed by atoms with E-state index in [-0.39, 0.29) is 12.3 Å². The van der Waals surface area contributed by atoms with Gasteiger partial charge >= 0.3 is 0 Å². The maximum absolute atomic E-state index is 11.5. The molecular weight excluding hydrogens is 312 g/mol. The highest BCUT2D eigenvalue weighted by molar-refractivity contribution is 7.89. The fourth-order valence-electron chi connectivity index (χ4n) is 1.50. The van der Waals surface area contributed by atoms with Gasteiger partial charge in [0, 0.05) is 25.5 Å². The lowest BCUT2D eigenvalue weighted by Crippen LogP contribution is -2.34. The quantitative estimate of drug-likeness (QED) is 0.443. The van der Waals surface area contributed by atoms with Crippen LogP contribution < -0.4 is 4.72 Å². The van der Waals surface area contributed by atoms with Crippen LogP contribution in [0.2, 0.25) is 0 Å². The van der Waals surface area contributed by atoms with Crippen molar-refractivity contribution in [2.45, 2.75) is 26.2 Å². The van der Waals surface area contributed by atoms with Crippen LogP contribution in [0.15, 0.2) is 0 Å². The van der Waals surface area contributed by atoms with Crippen LogP contribution >= 0.6 is 11.6 Å². The van der Waals surface area contributed by atoms with Crippen LogP contribution in [0.5, 0.6) is 0 Å². The summed E-state index contributed by atoms with van der Waals surface area (Å²) < 4.78 is 49.4. The molecule has 0 spiro atoms. The zero-order valence-electron chi connectivity index (χ0n) is 11.4. The molecule has 116 valence electrons. The summed E-state index contributed by atoms with van der Waals surface area (Å²) in [5, 5.41) is 0. The summed E-state index contributed by atoms with van der Waals surface area (Å²) in [6, 6.07) is 0. The Hall–Kier alpha value is 0.110. The summed E-state index contributed by atoms with van der Waals surface area (Å²) in [6.45, 7) is 2.70. The third-order valence-electron chi connectivity index (χ3n) is 2.52. The Labute approximate surface area is 121 Å². The Morgan fingerprint density at radius 1 is 1.11 bits per heavy atom. The lowest BCUT2D eigenvalue weighted by Gasteiger charge is -2.17. The Morgan fingerprint density at radius 2 is 1.74 bits per heavy atom. The van der Waals surface area contributed by atoms with Gasteiger partial charge in [-0.2, -0.15) is 0 Å². The van der Waals surface area contributed by atoms with Crippen LogP contribution in [0.25, 0.3) is 0 Å². The summed E-state index contributed by atoms with van der Waals surface area (Å²) in [4.78, 5) is 0. The summed E-state index contributed by atoms with van der Waals surface area (Å²) in [7, 11) is -6.48. The average molecular weight is 335 g/mol. The standard InChI is InChI=1S/C10H23ClN2O4S2/c1-3-13(18(2,14)15)9-6-8-12-19(16,17)10-5-4-7-11/h12H,3-10H2,1-2H3. The molecule has 0 aromatic rings. The molecule has 0 aliphatic carbocycles. The number of hydrogen-bond acceptors (Lipinski definition) is 4. The maximum atomic E-state index is 11.5. The molecule has 0 aromatic carbocycles. The molecule has 0 amide bonds. The molecule has 0 fully saturated rings. The fourth-order valence-corrected chi connectivity index (χ4v) is 3.80. The van der Waals surface area contributed by atoms with Gasteiger partial charge in [-0.25, -0.2) is 25.9 Å². The van der Waals surface area contributed by atoms with Crippen molar-refractivity contribution >= 4 is 31.6 Å². The first-order valence-corrected chi connectivity index (χ1v) is 10.2. The second-order valence-corrected chi connectivity index (χ2v) is 8.50. The second-order valence-electron chi connectivity index (χ2n) is 4.22. The van der Waals surface area contributed by atoms with E-state index in [4.69, 9.17) is 11.6 Å². The smallest absolute Gasteiger partial charge is 0.211 e. The highest BCUT2D eigenvalue weighted by Gasteiger charge is 2.14. The largest absolute Gasteiger partial charge is 0.215 e. The van der Waals surface area contributed by atoms with E-state index in [2.05, 4.69) is 4.72 Å². The van der Waals surface area contributed by atoms with Crippen LogP contribution in [0.1, 0.15) is 26.2 Å². The summed E-state index contributed by atoms with van der Waals surface area (Å²) in [5.41, 5.74) is 0. The van der Waals surface area contributed by atoms with E-state index in [1.807, 2.05) is 0 Å². The van der Waals surface area contributed by atoms with Gasteiger partial charge in [-0.1, -0.05) is 6.92 Å². The van der Waals surface area contributed by atoms with Gasteiger partial charge in [-0.3, -0.25) is 0 Å². The van der Waals surface area contributed by atoms with Crippen LogP contribution in [-0.2, 0) is 20.0 Å². The monoisotopic (exact) mass is 334 g/mol. The zero-order chi connectivity index (χ0) is 14.9. The molecule has 0 saturated heterocycles. The molecule has 1 N–H and O–H groups in total. The van der Waals surface area contributed by atoms with Gasteiger partial charge in [0.25, 0.3) is 0 Å². The van der Waals surface area contributed by atoms with Crippen LogP contribution in [-0.4, -0.2) is 58.7 Å². The number of rotatable bonds is 11. The average Bonchev–Trinajstić information content (AvgIpc) is 2.27. The number of alkyl halides is 1. The summed E-state index contributed by atoms with van der Waals surface area (Å²) in [5.74, 6) is 0.513. The summed E-state index contributed by atoms with van der Waals surface area (Å²) >= 11 is 5.47. The molecule has 0 rings (SSSR count). The van der Waals surface area contributed by atoms with E-state index in [1.165, 1.54) is 4.31 Å². The van der Waals surface area contributed by atoms with Crippen LogP contribution in [0.4, 0.5) is 0 Å². The van der Waals surface area contributed by atoms with Gasteiger partial charge in [-0.05, 0) is 19.3 Å². The predicted octanol–water partition coefficient (Wildman–Crippen LogP) is 0.596. The molecule has 0 aliphatic heterocycles. The van der Waals surface area contributed by atoms with Crippen molar-refractivity contribution < 1.29 is 16.8 Å². The first-order valence-electron chi connectivity index (χ1n) is 6.21. The number of nitrogens with one attached hydrogen (secondary N) is 1. The number of unbranched alkanes of at least 4 members (excludes halogenated alkanes) is 1. The minimum Gasteiger partial charge on any atom is -0.215 e. The molecular formula is C10H23ClN2O4S2. The number of nitrogens with zero attached hydrogens (tertiary/aromatic N) is 1. The molecule has 0 heterocycles. The fraction of sp³-hybridized carbons (Fsp3) is 1.00. The molecule has 0 saturated carbocycles. The SMILES string of the molecule is CCN(CCCNS(=O)(=O)CCCCCl)S(C)(=O)=O. The van der Waals surface area contributed by atoms with Crippen molar-refractivity contribution in [2.24, 2.45) is 0 Å². The molecule has 19 heavy (non-hydrogen) atoms. The van der Waals surface area contributed by atoms with E-state index in [1.54, 1.807) is 6.92 Å². The molecule has 0 radical (unpaired) electrons. The number of sulfonamides is 2. The van der Waals surface area contributed by atoms with Crippen molar-refractivity contribution in [3.63, 3.8) is 0 Å². The van der Waals surface area contributed by atoms with Crippen molar-refractivity contribution in [2.75, 3.05) is 37.5 Å². The van der Waals surface area contributed by atoms with Crippen molar-refractivity contribution in [3.05, 3.63) is 0 Å². The molecule has 0 aliphatic rings. The van der Waals surface area contributed by atoms with E-state index < -0.39 is 20.0 Å². The van der Waals surface area contributed by atoms with Gasteiger partial charge in [-0.15, -0.1) is 11.6 Å². The topological polar surface area (TPSA) is 83.6 Å². The van der Waals surface area contributed by atoms with Crippen LogP contribution in [0.3, 0.4) is 0 Å². The third-order valence-corrected chi connectivity index (χ3v) is 5.64. The molecule has 9 heteroatoms. The molecule has 0 atom stereocenters. The van der Waals surface area contributed by atoms with E-state index in [0.29, 0.717) is 38.2 Å². The zero-order valence-corrected chi connectivity index (χ0v) is 13.8. The normalized spacial score (nSPS) is 13.1. The maximum Gasteiger partial charge on any atom is 0.211 e. The molecule has 6 nitrogen and oxygen atoms in total. The third kappa shape index (κ3) is 9.61. The Balaban J connectivity index is 3.97. The van der Waals surface area contributed by atoms with Crippen molar-refractivity contribution in [3.8, 4) is 0 Å². The minimum atomic E-state index is -3.27. The predicted molar refractivity (Wildman–Crippen MR) is 78.5 cm³/mol. The van der Waals surface area contributed by atoms with Gasteiger partial charge in [0.05, 0.1) is 12.0 Å². The Morgan fingerprint density at radius 3 is 2.21 bits per heavy atom. The van der Waals surface area contributed by atoms with E-state index >= 15 is 0 Å². The van der Waals surface area contributed by atoms with Gasteiger partial charge < -0.3 is 0 Å². The Bertz CT molecular complexity index is 436. The van der Waals surface area contributed by atoms with E-state index in [0.717, 1.165) is 6.26 Å². The van der Waals surface area contributed by atoms with Crippen LogP contribution in [0, 0.1) is 0 Å². The Kier molecular flexibility index (Phi) is 9.17. The van der Waals surface area contributed by atoms with Gasteiger partial charge in [0.2, 0.25) is 20.0 Å². The van der Waals surface area contributed by atoms with Crippen molar-refractivity contribution in [1.82, 2.24) is 9.03 Å². The van der Waals surface area contributed by atoms with Gasteiger partial charge in [0.15, 0.2) is 0 Å². The first-order chi connectivity index (χ1) is 8.73. The van der Waals surface area contributed by atoms with E-state index in [9.17, 15) is 16.8 Å². The first kappa shape index (κ1) is 19.1. The number of halogens is 1. The highest BCUT2D eigenvalue weighted by Crippen LogP contribution is 2.00. The lowest BCUT2D eigenvalue weighted by atomic mass is 10.4. The lowest BCUT2D eigenvalue weighted by molar-refractivity contribution is 0.424. The second kappa shape index (κ2) is 9.12. The minimum absolute atomic E-state index is 0.0588. The number of hydrogen-bond donors (Lipinski definition) is 1. The molecule has 0 unspecified atom stereocenters.